The SMILES string of the molecule is O=C(NC1CC(C(=O)O)C1)c1cc(Cl)ccc1OC(F)F. The molecule has 0 saturated heterocycles. The molecule has 0 unspecified atom stereocenters. The van der Waals surface area contributed by atoms with Crippen LogP contribution in [0, 0.1) is 5.92 Å². The molecule has 1 aliphatic rings. The quantitative estimate of drug-likeness (QED) is 0.874. The molecule has 5 nitrogen and oxygen atoms in total. The third kappa shape index (κ3) is 3.81. The first-order chi connectivity index (χ1) is 9.86. The lowest BCUT2D eigenvalue weighted by Crippen LogP contribution is -2.46. The van der Waals surface area contributed by atoms with Crippen LogP contribution in [0.25, 0.3) is 0 Å². The summed E-state index contributed by atoms with van der Waals surface area (Å²) in [5.74, 6) is -2.29. The number of ether oxygens (including phenoxy) is 1. The number of benzene rings is 1. The van der Waals surface area contributed by atoms with Crippen molar-refractivity contribution in [2.45, 2.75) is 25.5 Å². The molecule has 1 aliphatic carbocycles. The second kappa shape index (κ2) is 6.26. The predicted octanol–water partition coefficient (Wildman–Crippen LogP) is 2.53. The van der Waals surface area contributed by atoms with E-state index in [9.17, 15) is 18.4 Å². The van der Waals surface area contributed by atoms with E-state index in [-0.39, 0.29) is 22.4 Å². The third-order valence-corrected chi connectivity index (χ3v) is 3.46. The lowest BCUT2D eigenvalue weighted by atomic mass is 9.80. The van der Waals surface area contributed by atoms with Crippen molar-refractivity contribution in [1.29, 1.82) is 0 Å². The number of carbonyl (C=O) groups excluding carboxylic acids is 1. The molecule has 0 heterocycles. The Morgan fingerprint density at radius 2 is 2.05 bits per heavy atom. The minimum absolute atomic E-state index is 0.110. The fourth-order valence-corrected chi connectivity index (χ4v) is 2.25. The Morgan fingerprint density at radius 3 is 2.62 bits per heavy atom. The van der Waals surface area contributed by atoms with Crippen LogP contribution >= 0.6 is 11.6 Å². The second-order valence-corrected chi connectivity index (χ2v) is 5.13. The van der Waals surface area contributed by atoms with Gasteiger partial charge in [0.2, 0.25) is 0 Å². The molecule has 2 N–H and O–H groups in total. The summed E-state index contributed by atoms with van der Waals surface area (Å²) < 4.78 is 28.9. The van der Waals surface area contributed by atoms with E-state index in [1.165, 1.54) is 18.2 Å². The van der Waals surface area contributed by atoms with Gasteiger partial charge in [-0.15, -0.1) is 0 Å². The van der Waals surface area contributed by atoms with Gasteiger partial charge >= 0.3 is 12.6 Å². The number of nitrogens with one attached hydrogen (secondary N) is 1. The van der Waals surface area contributed by atoms with Gasteiger partial charge in [-0.2, -0.15) is 8.78 Å². The number of amides is 1. The molecule has 1 amide bonds. The number of carbonyl (C=O) groups is 2. The van der Waals surface area contributed by atoms with Crippen molar-refractivity contribution >= 4 is 23.5 Å². The summed E-state index contributed by atoms with van der Waals surface area (Å²) in [6, 6.07) is 3.45. The number of halogens is 3. The van der Waals surface area contributed by atoms with Crippen LogP contribution in [0.4, 0.5) is 8.78 Å². The highest BCUT2D eigenvalue weighted by Gasteiger charge is 2.35. The van der Waals surface area contributed by atoms with Crippen LogP contribution in [-0.4, -0.2) is 29.6 Å². The van der Waals surface area contributed by atoms with Gasteiger partial charge in [0.05, 0.1) is 11.5 Å². The van der Waals surface area contributed by atoms with Gasteiger partial charge in [0.15, 0.2) is 0 Å². The topological polar surface area (TPSA) is 75.6 Å². The van der Waals surface area contributed by atoms with Crippen LogP contribution in [-0.2, 0) is 4.79 Å². The minimum atomic E-state index is -3.06. The summed E-state index contributed by atoms with van der Waals surface area (Å²) in [6.07, 6.45) is 0.624. The van der Waals surface area contributed by atoms with Crippen LogP contribution in [0.15, 0.2) is 18.2 Å². The number of hydrogen-bond acceptors (Lipinski definition) is 3. The molecular formula is C13H12ClF2NO4. The highest BCUT2D eigenvalue weighted by Crippen LogP contribution is 2.29. The predicted molar refractivity (Wildman–Crippen MR) is 69.7 cm³/mol. The summed E-state index contributed by atoms with van der Waals surface area (Å²) in [5, 5.41) is 11.5. The van der Waals surface area contributed by atoms with E-state index in [0.29, 0.717) is 12.8 Å². The maximum absolute atomic E-state index is 12.3. The molecule has 0 aromatic heterocycles. The van der Waals surface area contributed by atoms with E-state index in [2.05, 4.69) is 10.1 Å². The van der Waals surface area contributed by atoms with E-state index < -0.39 is 24.4 Å². The maximum Gasteiger partial charge on any atom is 0.387 e. The summed E-state index contributed by atoms with van der Waals surface area (Å²) in [4.78, 5) is 22.7. The molecule has 0 aliphatic heterocycles. The molecule has 2 rings (SSSR count). The molecule has 1 aromatic carbocycles. The van der Waals surface area contributed by atoms with Gasteiger partial charge in [0, 0.05) is 11.1 Å². The number of carboxylic acids is 1. The summed E-state index contributed by atoms with van der Waals surface area (Å²) in [5.41, 5.74) is -0.110. The van der Waals surface area contributed by atoms with Gasteiger partial charge in [-0.3, -0.25) is 9.59 Å². The molecule has 0 bridgehead atoms. The number of rotatable bonds is 5. The highest BCUT2D eigenvalue weighted by atomic mass is 35.5. The second-order valence-electron chi connectivity index (χ2n) is 4.70. The number of hydrogen-bond donors (Lipinski definition) is 2. The Bertz CT molecular complexity index is 561. The van der Waals surface area contributed by atoms with Crippen LogP contribution in [0.2, 0.25) is 5.02 Å². The normalized spacial score (nSPS) is 20.8. The largest absolute Gasteiger partial charge is 0.481 e. The molecule has 1 aromatic rings. The molecule has 1 saturated carbocycles. The molecule has 21 heavy (non-hydrogen) atoms. The van der Waals surface area contributed by atoms with Crippen molar-refractivity contribution in [1.82, 2.24) is 5.32 Å². The Morgan fingerprint density at radius 1 is 1.38 bits per heavy atom. The maximum atomic E-state index is 12.3. The molecule has 0 atom stereocenters. The number of carboxylic acid groups (broad SMARTS) is 1. The van der Waals surface area contributed by atoms with Gasteiger partial charge in [0.25, 0.3) is 5.91 Å². The molecule has 114 valence electrons. The first kappa shape index (κ1) is 15.5. The zero-order chi connectivity index (χ0) is 15.6. The van der Waals surface area contributed by atoms with Gasteiger partial charge in [-0.25, -0.2) is 0 Å². The molecule has 0 spiro atoms. The zero-order valence-electron chi connectivity index (χ0n) is 10.7. The molecule has 0 radical (unpaired) electrons. The van der Waals surface area contributed by atoms with Crippen molar-refractivity contribution in [3.05, 3.63) is 28.8 Å². The third-order valence-electron chi connectivity index (χ3n) is 3.22. The fourth-order valence-electron chi connectivity index (χ4n) is 2.08. The summed E-state index contributed by atoms with van der Waals surface area (Å²) >= 11 is 5.75. The first-order valence-corrected chi connectivity index (χ1v) is 6.52. The Labute approximate surface area is 123 Å². The Balaban J connectivity index is 2.05. The van der Waals surface area contributed by atoms with Gasteiger partial charge < -0.3 is 15.2 Å². The standard InChI is InChI=1S/C13H12ClF2NO4/c14-7-1-2-10(21-13(15)16)9(5-7)11(18)17-8-3-6(4-8)12(19)20/h1-2,5-6,8,13H,3-4H2,(H,17,18)(H,19,20). The lowest BCUT2D eigenvalue weighted by Gasteiger charge is -2.32. The summed E-state index contributed by atoms with van der Waals surface area (Å²) in [7, 11) is 0. The van der Waals surface area contributed by atoms with Crippen LogP contribution < -0.4 is 10.1 Å². The van der Waals surface area contributed by atoms with E-state index in [4.69, 9.17) is 16.7 Å². The first-order valence-electron chi connectivity index (χ1n) is 6.15. The molecule has 1 fully saturated rings. The lowest BCUT2D eigenvalue weighted by molar-refractivity contribution is -0.145. The number of aliphatic carboxylic acids is 1. The Hall–Kier alpha value is -1.89. The van der Waals surface area contributed by atoms with E-state index in [0.717, 1.165) is 0 Å². The average Bonchev–Trinajstić information content (AvgIpc) is 2.34. The van der Waals surface area contributed by atoms with Crippen molar-refractivity contribution in [2.24, 2.45) is 5.92 Å². The summed E-state index contributed by atoms with van der Waals surface area (Å²) in [6.45, 7) is -3.06. The van der Waals surface area contributed by atoms with Gasteiger partial charge in [0.1, 0.15) is 5.75 Å². The van der Waals surface area contributed by atoms with Crippen molar-refractivity contribution in [3.8, 4) is 5.75 Å². The monoisotopic (exact) mass is 319 g/mol. The average molecular weight is 320 g/mol. The van der Waals surface area contributed by atoms with Gasteiger partial charge in [-0.05, 0) is 31.0 Å². The van der Waals surface area contributed by atoms with E-state index in [1.807, 2.05) is 0 Å². The van der Waals surface area contributed by atoms with E-state index >= 15 is 0 Å². The van der Waals surface area contributed by atoms with Crippen LogP contribution in [0.5, 0.6) is 5.75 Å². The fraction of sp³-hybridized carbons (Fsp3) is 0.385. The van der Waals surface area contributed by atoms with E-state index in [1.54, 1.807) is 0 Å². The smallest absolute Gasteiger partial charge is 0.387 e. The van der Waals surface area contributed by atoms with Crippen LogP contribution in [0.1, 0.15) is 23.2 Å². The number of alkyl halides is 2. The minimum Gasteiger partial charge on any atom is -0.481 e. The highest BCUT2D eigenvalue weighted by molar-refractivity contribution is 6.31. The van der Waals surface area contributed by atoms with Crippen LogP contribution in [0.3, 0.4) is 0 Å². The molecular weight excluding hydrogens is 308 g/mol. The van der Waals surface area contributed by atoms with Crippen molar-refractivity contribution in [2.75, 3.05) is 0 Å². The van der Waals surface area contributed by atoms with Crippen molar-refractivity contribution < 1.29 is 28.2 Å². The zero-order valence-corrected chi connectivity index (χ0v) is 11.4. The van der Waals surface area contributed by atoms with Crippen molar-refractivity contribution in [3.63, 3.8) is 0 Å². The molecule has 8 heteroatoms. The Kier molecular flexibility index (Phi) is 4.62. The van der Waals surface area contributed by atoms with Gasteiger partial charge in [-0.1, -0.05) is 11.6 Å².